The van der Waals surface area contributed by atoms with Crippen LogP contribution < -0.4 is 9.80 Å². The summed E-state index contributed by atoms with van der Waals surface area (Å²) in [6.45, 7) is 0. The van der Waals surface area contributed by atoms with Crippen LogP contribution in [-0.2, 0) is 0 Å². The Balaban J connectivity index is 0.936. The Kier molecular flexibility index (Phi) is 7.50. The molecule has 0 bridgehead atoms. The molecule has 286 valence electrons. The topological polar surface area (TPSA) is 32.8 Å². The van der Waals surface area contributed by atoms with Gasteiger partial charge in [-0.2, -0.15) is 0 Å². The normalized spacial score (nSPS) is 12.2. The van der Waals surface area contributed by atoms with Gasteiger partial charge in [-0.3, -0.25) is 0 Å². The van der Waals surface area contributed by atoms with Gasteiger partial charge in [0, 0.05) is 83.0 Å². The Hall–Kier alpha value is -7.73. The van der Waals surface area contributed by atoms with Gasteiger partial charge in [-0.15, -0.1) is 0 Å². The van der Waals surface area contributed by atoms with Gasteiger partial charge >= 0.3 is 0 Å². The number of furan rings is 2. The van der Waals surface area contributed by atoms with Crippen LogP contribution in [0.25, 0.3) is 76.5 Å². The number of nitrogens with zero attached hydrogens (tertiary/aromatic N) is 2. The predicted octanol–water partition coefficient (Wildman–Crippen LogP) is 16.9. The van der Waals surface area contributed by atoms with Crippen LogP contribution in [-0.4, -0.2) is 0 Å². The average Bonchev–Trinajstić information content (AvgIpc) is 3.88. The molecular formula is C56H34N2O2S. The fourth-order valence-electron chi connectivity index (χ4n) is 9.43. The number of anilines is 6. The molecule has 10 aromatic carbocycles. The Labute approximate surface area is 355 Å². The van der Waals surface area contributed by atoms with E-state index in [0.717, 1.165) is 78.0 Å². The van der Waals surface area contributed by atoms with Gasteiger partial charge in [0.2, 0.25) is 0 Å². The monoisotopic (exact) mass is 798 g/mol. The lowest BCUT2D eigenvalue weighted by atomic mass is 9.92. The van der Waals surface area contributed by atoms with Crippen molar-refractivity contribution in [2.45, 2.75) is 9.79 Å². The largest absolute Gasteiger partial charge is 0.456 e. The van der Waals surface area contributed by atoms with Gasteiger partial charge in [0.05, 0.1) is 0 Å². The summed E-state index contributed by atoms with van der Waals surface area (Å²) in [4.78, 5) is 7.15. The number of fused-ring (bicyclic) bond motifs is 10. The zero-order valence-corrected chi connectivity index (χ0v) is 33.6. The van der Waals surface area contributed by atoms with E-state index in [4.69, 9.17) is 8.83 Å². The molecule has 0 spiro atoms. The van der Waals surface area contributed by atoms with E-state index in [1.807, 2.05) is 36.0 Å². The summed E-state index contributed by atoms with van der Waals surface area (Å²) >= 11 is 1.85. The molecule has 0 saturated heterocycles. The first-order valence-corrected chi connectivity index (χ1v) is 21.4. The van der Waals surface area contributed by atoms with Gasteiger partial charge in [0.15, 0.2) is 0 Å². The predicted molar refractivity (Wildman–Crippen MR) is 255 cm³/mol. The first kappa shape index (κ1) is 34.2. The Morgan fingerprint density at radius 3 is 1.44 bits per heavy atom. The zero-order valence-electron chi connectivity index (χ0n) is 32.7. The number of rotatable bonds is 6. The van der Waals surface area contributed by atoms with Gasteiger partial charge in [-0.05, 0) is 124 Å². The van der Waals surface area contributed by atoms with Crippen LogP contribution in [0.3, 0.4) is 0 Å². The molecule has 0 unspecified atom stereocenters. The summed E-state index contributed by atoms with van der Waals surface area (Å²) < 4.78 is 12.7. The molecule has 0 radical (unpaired) electrons. The van der Waals surface area contributed by atoms with E-state index in [1.165, 1.54) is 42.5 Å². The highest BCUT2D eigenvalue weighted by atomic mass is 32.2. The van der Waals surface area contributed by atoms with Gasteiger partial charge in [-0.25, -0.2) is 0 Å². The summed E-state index contributed by atoms with van der Waals surface area (Å²) in [6, 6.07) is 73.8. The van der Waals surface area contributed by atoms with Crippen LogP contribution in [0.1, 0.15) is 0 Å². The molecule has 12 aromatic rings. The Morgan fingerprint density at radius 2 is 0.803 bits per heavy atom. The summed E-state index contributed by atoms with van der Waals surface area (Å²) in [5.74, 6) is 0. The van der Waals surface area contributed by atoms with Crippen molar-refractivity contribution in [3.8, 4) is 11.1 Å². The molecule has 5 heteroatoms. The summed E-state index contributed by atoms with van der Waals surface area (Å²) in [5, 5.41) is 9.47. The first-order chi connectivity index (χ1) is 30.2. The van der Waals surface area contributed by atoms with Crippen molar-refractivity contribution in [3.63, 3.8) is 0 Å². The van der Waals surface area contributed by atoms with Crippen LogP contribution >= 0.6 is 11.8 Å². The molecule has 2 aromatic heterocycles. The molecule has 0 aliphatic carbocycles. The van der Waals surface area contributed by atoms with Crippen LogP contribution in [0.2, 0.25) is 0 Å². The molecule has 0 N–H and O–H groups in total. The molecule has 1 aliphatic heterocycles. The van der Waals surface area contributed by atoms with Gasteiger partial charge in [0.25, 0.3) is 0 Å². The van der Waals surface area contributed by atoms with E-state index in [2.05, 4.69) is 192 Å². The van der Waals surface area contributed by atoms with Crippen molar-refractivity contribution in [2.75, 3.05) is 9.80 Å². The maximum Gasteiger partial charge on any atom is 0.137 e. The number of para-hydroxylation sites is 4. The molecule has 0 saturated carbocycles. The standard InChI is InChI=1S/C56H34N2O2S/c1-3-12-36(13-4-1)57(39-24-27-44-42-16-7-9-19-50(42)59-52(44)32-39)38-23-22-35-30-49-46-29-26-41(34-55(46)61-54-21-11-18-47(56(49)54)48(35)31-38)58(37-14-5-2-6-15-37)40-25-28-45-43-17-8-10-20-51(43)60-53(45)33-40/h1-34H. The maximum atomic E-state index is 6.37. The highest BCUT2D eigenvalue weighted by Crippen LogP contribution is 2.52. The third-order valence-corrected chi connectivity index (χ3v) is 13.3. The van der Waals surface area contributed by atoms with E-state index >= 15 is 0 Å². The van der Waals surface area contributed by atoms with E-state index in [9.17, 15) is 0 Å². The minimum Gasteiger partial charge on any atom is -0.456 e. The Bertz CT molecular complexity index is 3700. The third kappa shape index (κ3) is 5.41. The van der Waals surface area contributed by atoms with Crippen molar-refractivity contribution in [1.82, 2.24) is 0 Å². The molecule has 61 heavy (non-hydrogen) atoms. The van der Waals surface area contributed by atoms with Gasteiger partial charge in [-0.1, -0.05) is 109 Å². The van der Waals surface area contributed by atoms with E-state index in [1.54, 1.807) is 0 Å². The average molecular weight is 799 g/mol. The zero-order chi connectivity index (χ0) is 40.0. The van der Waals surface area contributed by atoms with Crippen LogP contribution in [0, 0.1) is 0 Å². The number of hydrogen-bond donors (Lipinski definition) is 0. The summed E-state index contributed by atoms with van der Waals surface area (Å²) in [6.07, 6.45) is 0. The van der Waals surface area contributed by atoms with Gasteiger partial charge < -0.3 is 18.6 Å². The molecule has 4 nitrogen and oxygen atoms in total. The Morgan fingerprint density at radius 1 is 0.295 bits per heavy atom. The van der Waals surface area contributed by atoms with Crippen LogP contribution in [0.5, 0.6) is 0 Å². The fourth-order valence-corrected chi connectivity index (χ4v) is 10.6. The molecule has 0 fully saturated rings. The van der Waals surface area contributed by atoms with Crippen molar-refractivity contribution >= 4 is 111 Å². The molecule has 3 heterocycles. The lowest BCUT2D eigenvalue weighted by Crippen LogP contribution is -2.10. The highest BCUT2D eigenvalue weighted by Gasteiger charge is 2.24. The molecular weight excluding hydrogens is 765 g/mol. The molecule has 13 rings (SSSR count). The third-order valence-electron chi connectivity index (χ3n) is 12.2. The van der Waals surface area contributed by atoms with Crippen LogP contribution in [0.15, 0.2) is 225 Å². The summed E-state index contributed by atoms with van der Waals surface area (Å²) in [5.41, 5.74) is 12.5. The number of benzene rings is 10. The fraction of sp³-hybridized carbons (Fsp3) is 0. The molecule has 0 atom stereocenters. The minimum absolute atomic E-state index is 0.875. The SMILES string of the molecule is c1ccc(N(c2ccc3c(c2)Sc2cccc4c2c-3cc2ccc(N(c3ccccc3)c3ccc5c(c3)oc3ccccc35)cc24)c2ccc3c(c2)oc2ccccc23)cc1. The number of hydrogen-bond acceptors (Lipinski definition) is 5. The van der Waals surface area contributed by atoms with Crippen molar-refractivity contribution < 1.29 is 8.83 Å². The van der Waals surface area contributed by atoms with E-state index in [0.29, 0.717) is 0 Å². The second-order valence-corrected chi connectivity index (χ2v) is 16.8. The smallest absolute Gasteiger partial charge is 0.137 e. The quantitative estimate of drug-likeness (QED) is 0.157. The molecule has 1 aliphatic rings. The van der Waals surface area contributed by atoms with E-state index in [-0.39, 0.29) is 0 Å². The second kappa shape index (κ2) is 13.4. The van der Waals surface area contributed by atoms with Crippen molar-refractivity contribution in [2.24, 2.45) is 0 Å². The maximum absolute atomic E-state index is 6.37. The minimum atomic E-state index is 0.875. The lowest BCUT2D eigenvalue weighted by Gasteiger charge is -2.28. The summed E-state index contributed by atoms with van der Waals surface area (Å²) in [7, 11) is 0. The lowest BCUT2D eigenvalue weighted by molar-refractivity contribution is 0.668. The van der Waals surface area contributed by atoms with Crippen LogP contribution in [0.4, 0.5) is 34.1 Å². The van der Waals surface area contributed by atoms with Gasteiger partial charge in [0.1, 0.15) is 22.3 Å². The van der Waals surface area contributed by atoms with Crippen molar-refractivity contribution in [1.29, 1.82) is 0 Å². The highest BCUT2D eigenvalue weighted by molar-refractivity contribution is 7.99. The first-order valence-electron chi connectivity index (χ1n) is 20.6. The van der Waals surface area contributed by atoms with E-state index < -0.39 is 0 Å². The molecule has 0 amide bonds. The second-order valence-electron chi connectivity index (χ2n) is 15.7. The van der Waals surface area contributed by atoms with Crippen molar-refractivity contribution in [3.05, 3.63) is 206 Å².